The molecule has 331 valence electrons. The minimum atomic E-state index is -0.157. The van der Waals surface area contributed by atoms with E-state index in [1.54, 1.807) is 0 Å². The summed E-state index contributed by atoms with van der Waals surface area (Å²) in [7, 11) is 2.50. The van der Waals surface area contributed by atoms with Crippen LogP contribution in [0.15, 0.2) is 142 Å². The van der Waals surface area contributed by atoms with E-state index in [9.17, 15) is 0 Å². The minimum absolute atomic E-state index is 0.0251. The molecule has 0 bridgehead atoms. The second-order valence-electron chi connectivity index (χ2n) is 23.0. The zero-order valence-electron chi connectivity index (χ0n) is 40.5. The molecule has 5 heteroatoms. The van der Waals surface area contributed by atoms with Crippen LogP contribution in [0.5, 0.6) is 0 Å². The van der Waals surface area contributed by atoms with E-state index in [1.807, 2.05) is 0 Å². The van der Waals surface area contributed by atoms with Crippen LogP contribution in [-0.4, -0.2) is 11.8 Å². The summed E-state index contributed by atoms with van der Waals surface area (Å²) < 4.78 is 16.7. The lowest BCUT2D eigenvalue weighted by molar-refractivity contribution is 0.332. The third-order valence-corrected chi connectivity index (χ3v) is 16.6. The molecule has 4 heterocycles. The van der Waals surface area contributed by atoms with Gasteiger partial charge in [-0.1, -0.05) is 147 Å². The van der Waals surface area contributed by atoms with Crippen molar-refractivity contribution >= 4 is 95.3 Å². The van der Waals surface area contributed by atoms with Gasteiger partial charge in [0, 0.05) is 55.0 Å². The topological polar surface area (TPSA) is 43.2 Å². The molecule has 0 amide bonds. The van der Waals surface area contributed by atoms with Crippen LogP contribution in [0.3, 0.4) is 0 Å². The Bertz CT molecular complexity index is 4030. The molecule has 8 aromatic carbocycles. The molecule has 3 aromatic heterocycles. The van der Waals surface area contributed by atoms with Crippen LogP contribution in [0.1, 0.15) is 103 Å². The van der Waals surface area contributed by atoms with Gasteiger partial charge in [0.05, 0.1) is 16.4 Å². The number of anilines is 2. The Morgan fingerprint density at radius 1 is 0.559 bits per heavy atom. The summed E-state index contributed by atoms with van der Waals surface area (Å²) in [4.78, 5) is 0. The standard InChI is InChI=1S/C63H54BN2O2/c1-60(2,3)34-22-24-35(25-23-34)65-48-30-40-37-17-11-14-20-51(37)67-53(40)31-41(48)54-55-38-18-12-15-21-52(38)68-59(55)56-42-28-45-46(62(6,7)27-26-61(45,4)5)33-49(42)66-50-32-44-39(29-47(50)64-57(54)58(56)66)36-16-10-13-19-43(36)63(44,8)9/h10-25,28-33,65H,26-27H2,1-9H3. The number of rotatable bonds is 3. The van der Waals surface area contributed by atoms with Crippen molar-refractivity contribution in [3.63, 3.8) is 0 Å². The Morgan fingerprint density at radius 3 is 1.99 bits per heavy atom. The number of nitrogens with zero attached hydrogens (tertiary/aromatic N) is 1. The first-order chi connectivity index (χ1) is 32.6. The minimum Gasteiger partial charge on any atom is -0.456 e. The molecule has 1 radical (unpaired) electrons. The summed E-state index contributed by atoms with van der Waals surface area (Å²) in [5.41, 5.74) is 23.3. The Hall–Kier alpha value is -6.98. The Morgan fingerprint density at radius 2 is 1.24 bits per heavy atom. The van der Waals surface area contributed by atoms with Crippen molar-refractivity contribution in [1.82, 2.24) is 4.57 Å². The van der Waals surface area contributed by atoms with Crippen molar-refractivity contribution in [2.24, 2.45) is 0 Å². The predicted molar refractivity (Wildman–Crippen MR) is 287 cm³/mol. The highest BCUT2D eigenvalue weighted by Gasteiger charge is 2.41. The fourth-order valence-corrected chi connectivity index (χ4v) is 12.7. The van der Waals surface area contributed by atoms with Gasteiger partial charge in [-0.15, -0.1) is 0 Å². The maximum absolute atomic E-state index is 7.31. The lowest BCUT2D eigenvalue weighted by Gasteiger charge is -2.42. The molecule has 0 atom stereocenters. The summed E-state index contributed by atoms with van der Waals surface area (Å²) in [5, 5.41) is 10.8. The fraction of sp³-hybridized carbons (Fsp3) is 0.238. The highest BCUT2D eigenvalue weighted by Crippen LogP contribution is 2.54. The number of aromatic nitrogens is 1. The number of para-hydroxylation sites is 2. The number of furan rings is 2. The van der Waals surface area contributed by atoms with Gasteiger partial charge in [0.25, 0.3) is 0 Å². The van der Waals surface area contributed by atoms with E-state index in [4.69, 9.17) is 8.83 Å². The van der Waals surface area contributed by atoms with E-state index < -0.39 is 0 Å². The number of hydrogen-bond acceptors (Lipinski definition) is 3. The number of fused-ring (bicyclic) bond motifs is 16. The molecule has 14 rings (SSSR count). The third kappa shape index (κ3) is 5.33. The van der Waals surface area contributed by atoms with Crippen molar-refractivity contribution in [2.45, 2.75) is 96.8 Å². The number of benzene rings is 8. The van der Waals surface area contributed by atoms with E-state index >= 15 is 0 Å². The second-order valence-corrected chi connectivity index (χ2v) is 23.0. The Balaban J connectivity index is 1.16. The molecule has 3 aliphatic rings. The zero-order chi connectivity index (χ0) is 46.4. The molecule has 1 N–H and O–H groups in total. The fourth-order valence-electron chi connectivity index (χ4n) is 12.7. The molecule has 1 aliphatic heterocycles. The molecular weight excluding hydrogens is 828 g/mol. The van der Waals surface area contributed by atoms with Crippen LogP contribution in [0.25, 0.3) is 93.6 Å². The molecule has 4 nitrogen and oxygen atoms in total. The first-order valence-electron chi connectivity index (χ1n) is 24.5. The molecule has 0 unspecified atom stereocenters. The molecule has 68 heavy (non-hydrogen) atoms. The molecule has 0 saturated carbocycles. The normalized spacial score (nSPS) is 16.4. The molecule has 11 aromatic rings. The molecule has 0 spiro atoms. The number of hydrogen-bond donors (Lipinski definition) is 1. The van der Waals surface area contributed by atoms with E-state index in [2.05, 4.69) is 213 Å². The van der Waals surface area contributed by atoms with Gasteiger partial charge in [0.15, 0.2) is 7.28 Å². The SMILES string of the molecule is CC(C)(C)c1ccc(Nc2cc3c(cc2-c2c4c5c(c6cc7c(cc6n5-c5cc6c(cc5[B]4)-c4ccccc4C6(C)C)C(C)(C)CCC7(C)C)c4oc5ccccc5c24)oc2ccccc23)cc1. The molecule has 0 saturated heterocycles. The monoisotopic (exact) mass is 881 g/mol. The lowest BCUT2D eigenvalue weighted by Crippen LogP contribution is -2.38. The van der Waals surface area contributed by atoms with E-state index in [1.165, 1.54) is 77.4 Å². The van der Waals surface area contributed by atoms with Gasteiger partial charge in [0.2, 0.25) is 0 Å². The van der Waals surface area contributed by atoms with Crippen molar-refractivity contribution in [3.05, 3.63) is 161 Å². The van der Waals surface area contributed by atoms with Gasteiger partial charge in [-0.25, -0.2) is 0 Å². The van der Waals surface area contributed by atoms with Crippen molar-refractivity contribution in [3.8, 4) is 27.9 Å². The van der Waals surface area contributed by atoms with Gasteiger partial charge >= 0.3 is 0 Å². The molecular formula is C63H54BN2O2. The van der Waals surface area contributed by atoms with Gasteiger partial charge in [-0.2, -0.15) is 0 Å². The lowest BCUT2D eigenvalue weighted by atomic mass is 9.58. The first-order valence-corrected chi connectivity index (χ1v) is 24.5. The summed E-state index contributed by atoms with van der Waals surface area (Å²) >= 11 is 0. The Labute approximate surface area is 398 Å². The molecule has 2 aliphatic carbocycles. The van der Waals surface area contributed by atoms with Gasteiger partial charge in [-0.3, -0.25) is 0 Å². The number of nitrogens with one attached hydrogen (secondary N) is 1. The van der Waals surface area contributed by atoms with E-state index in [-0.39, 0.29) is 21.7 Å². The Kier molecular flexibility index (Phi) is 7.77. The summed E-state index contributed by atoms with van der Waals surface area (Å²) in [6, 6.07) is 49.8. The van der Waals surface area contributed by atoms with Gasteiger partial charge in [-0.05, 0) is 134 Å². The summed E-state index contributed by atoms with van der Waals surface area (Å²) in [6.45, 7) is 21.4. The van der Waals surface area contributed by atoms with Crippen LogP contribution < -0.4 is 16.2 Å². The average molecular weight is 882 g/mol. The summed E-state index contributed by atoms with van der Waals surface area (Å²) in [6.07, 6.45) is 2.29. The van der Waals surface area contributed by atoms with Crippen LogP contribution in [0.2, 0.25) is 0 Å². The predicted octanol–water partition coefficient (Wildman–Crippen LogP) is 15.9. The molecule has 0 fully saturated rings. The van der Waals surface area contributed by atoms with Crippen molar-refractivity contribution < 1.29 is 8.83 Å². The summed E-state index contributed by atoms with van der Waals surface area (Å²) in [5.74, 6) is 0. The maximum atomic E-state index is 7.31. The third-order valence-electron chi connectivity index (χ3n) is 16.6. The van der Waals surface area contributed by atoms with Crippen LogP contribution in [0.4, 0.5) is 11.4 Å². The average Bonchev–Trinajstić information content (AvgIpc) is 4.04. The second kappa shape index (κ2) is 13.2. The smallest absolute Gasteiger partial charge is 0.197 e. The van der Waals surface area contributed by atoms with E-state index in [0.717, 1.165) is 79.2 Å². The first kappa shape index (κ1) is 40.1. The van der Waals surface area contributed by atoms with Crippen LogP contribution >= 0.6 is 0 Å². The van der Waals surface area contributed by atoms with Gasteiger partial charge < -0.3 is 18.7 Å². The maximum Gasteiger partial charge on any atom is 0.197 e. The van der Waals surface area contributed by atoms with Gasteiger partial charge in [0.1, 0.15) is 22.3 Å². The zero-order valence-corrected chi connectivity index (χ0v) is 40.5. The van der Waals surface area contributed by atoms with Crippen LogP contribution in [0, 0.1) is 0 Å². The van der Waals surface area contributed by atoms with Crippen LogP contribution in [-0.2, 0) is 21.7 Å². The quantitative estimate of drug-likeness (QED) is 0.180. The highest BCUT2D eigenvalue weighted by atomic mass is 16.3. The van der Waals surface area contributed by atoms with E-state index in [0.29, 0.717) is 0 Å². The largest absolute Gasteiger partial charge is 0.456 e. The van der Waals surface area contributed by atoms with Crippen molar-refractivity contribution in [2.75, 3.05) is 5.32 Å². The van der Waals surface area contributed by atoms with Crippen molar-refractivity contribution in [1.29, 1.82) is 0 Å². The highest BCUT2D eigenvalue weighted by molar-refractivity contribution is 6.74.